The van der Waals surface area contributed by atoms with Gasteiger partial charge in [0.05, 0.1) is 5.92 Å². The number of halogens is 3. The van der Waals surface area contributed by atoms with Gasteiger partial charge in [0, 0.05) is 30.7 Å². The van der Waals surface area contributed by atoms with Gasteiger partial charge in [0.1, 0.15) is 0 Å². The van der Waals surface area contributed by atoms with Crippen molar-refractivity contribution in [1.29, 1.82) is 0 Å². The van der Waals surface area contributed by atoms with Gasteiger partial charge in [-0.3, -0.25) is 0 Å². The molecule has 0 atom stereocenters. The summed E-state index contributed by atoms with van der Waals surface area (Å²) < 4.78 is 37.8. The first kappa shape index (κ1) is 15.6. The van der Waals surface area contributed by atoms with Crippen LogP contribution in [0.25, 0.3) is 0 Å². The summed E-state index contributed by atoms with van der Waals surface area (Å²) in [5.74, 6) is -1.15. The molecule has 1 aromatic rings. The average Bonchev–Trinajstić information content (AvgIpc) is 2.87. The zero-order valence-electron chi connectivity index (χ0n) is 11.5. The van der Waals surface area contributed by atoms with E-state index >= 15 is 0 Å². The van der Waals surface area contributed by atoms with Crippen molar-refractivity contribution in [2.75, 3.05) is 24.5 Å². The van der Waals surface area contributed by atoms with E-state index in [1.165, 1.54) is 0 Å². The first-order valence-corrected chi connectivity index (χ1v) is 7.79. The van der Waals surface area contributed by atoms with Crippen molar-refractivity contribution >= 4 is 16.5 Å². The van der Waals surface area contributed by atoms with E-state index in [2.05, 4.69) is 17.2 Å². The summed E-state index contributed by atoms with van der Waals surface area (Å²) in [4.78, 5) is 7.43. The van der Waals surface area contributed by atoms with Crippen LogP contribution in [0, 0.1) is 5.92 Å². The van der Waals surface area contributed by atoms with Crippen LogP contribution >= 0.6 is 11.3 Å². The van der Waals surface area contributed by atoms with Gasteiger partial charge in [-0.15, -0.1) is 11.3 Å². The summed E-state index contributed by atoms with van der Waals surface area (Å²) >= 11 is 1.57. The van der Waals surface area contributed by atoms with E-state index in [0.717, 1.165) is 29.5 Å². The van der Waals surface area contributed by atoms with E-state index in [0.29, 0.717) is 13.1 Å². The lowest BCUT2D eigenvalue weighted by atomic mass is 9.97. The van der Waals surface area contributed by atoms with Gasteiger partial charge in [0.25, 0.3) is 0 Å². The number of thiazole rings is 1. The predicted molar refractivity (Wildman–Crippen MR) is 75.1 cm³/mol. The van der Waals surface area contributed by atoms with Gasteiger partial charge in [0.15, 0.2) is 5.13 Å². The summed E-state index contributed by atoms with van der Waals surface area (Å²) in [6.45, 7) is 4.74. The maximum Gasteiger partial charge on any atom is 0.391 e. The Balaban J connectivity index is 1.84. The third kappa shape index (κ3) is 4.09. The van der Waals surface area contributed by atoms with Gasteiger partial charge in [-0.2, -0.15) is 13.2 Å². The molecule has 1 saturated heterocycles. The molecule has 20 heavy (non-hydrogen) atoms. The Hall–Kier alpha value is -0.820. The zero-order chi connectivity index (χ0) is 14.6. The number of anilines is 1. The molecule has 114 valence electrons. The Morgan fingerprint density at radius 3 is 2.70 bits per heavy atom. The van der Waals surface area contributed by atoms with E-state index in [-0.39, 0.29) is 12.8 Å². The molecule has 1 aromatic heterocycles. The molecule has 0 saturated carbocycles. The molecule has 0 radical (unpaired) electrons. The fourth-order valence-electron chi connectivity index (χ4n) is 2.31. The second-order valence-corrected chi connectivity index (χ2v) is 6.18. The maximum atomic E-state index is 12.6. The molecule has 0 spiro atoms. The third-order valence-electron chi connectivity index (χ3n) is 3.50. The van der Waals surface area contributed by atoms with Gasteiger partial charge in [-0.25, -0.2) is 4.98 Å². The average molecular weight is 307 g/mol. The summed E-state index contributed by atoms with van der Waals surface area (Å²) in [6.07, 6.45) is -0.807. The summed E-state index contributed by atoms with van der Waals surface area (Å²) in [7, 11) is 0. The van der Waals surface area contributed by atoms with Crippen LogP contribution in [0.4, 0.5) is 18.3 Å². The van der Waals surface area contributed by atoms with Crippen LogP contribution in [0.1, 0.15) is 31.1 Å². The highest BCUT2D eigenvalue weighted by atomic mass is 32.1. The first-order chi connectivity index (χ1) is 9.50. The summed E-state index contributed by atoms with van der Waals surface area (Å²) in [5.41, 5.74) is 0. The van der Waals surface area contributed by atoms with Crippen molar-refractivity contribution in [2.24, 2.45) is 5.92 Å². The topological polar surface area (TPSA) is 28.2 Å². The lowest BCUT2D eigenvalue weighted by Gasteiger charge is -2.32. The SMILES string of the molecule is CCCNCc1cnc(N2CCC(C(F)(F)F)CC2)s1. The van der Waals surface area contributed by atoms with Crippen molar-refractivity contribution in [3.8, 4) is 0 Å². The standard InChI is InChI=1S/C13H20F3N3S/c1-2-5-17-8-11-9-18-12(20-11)19-6-3-10(4-7-19)13(14,15)16/h9-10,17H,2-8H2,1H3. The number of rotatable bonds is 5. The molecule has 0 unspecified atom stereocenters. The molecule has 1 aliphatic rings. The molecular weight excluding hydrogens is 287 g/mol. The molecule has 2 rings (SSSR count). The lowest BCUT2D eigenvalue weighted by Crippen LogP contribution is -2.38. The molecule has 0 amide bonds. The molecule has 2 heterocycles. The van der Waals surface area contributed by atoms with E-state index in [1.54, 1.807) is 11.3 Å². The molecule has 1 aliphatic heterocycles. The van der Waals surface area contributed by atoms with Crippen LogP contribution in [-0.4, -0.2) is 30.8 Å². The molecule has 3 nitrogen and oxygen atoms in total. The molecule has 0 bridgehead atoms. The number of hydrogen-bond donors (Lipinski definition) is 1. The minimum absolute atomic E-state index is 0.173. The van der Waals surface area contributed by atoms with Crippen molar-refractivity contribution < 1.29 is 13.2 Å². The molecule has 1 N–H and O–H groups in total. The van der Waals surface area contributed by atoms with Crippen LogP contribution < -0.4 is 10.2 Å². The minimum atomic E-state index is -4.05. The number of aromatic nitrogens is 1. The maximum absolute atomic E-state index is 12.6. The minimum Gasteiger partial charge on any atom is -0.348 e. The normalized spacial score (nSPS) is 17.7. The van der Waals surface area contributed by atoms with Gasteiger partial charge in [-0.05, 0) is 25.8 Å². The van der Waals surface area contributed by atoms with Crippen LogP contribution in [0.2, 0.25) is 0 Å². The molecule has 0 aromatic carbocycles. The predicted octanol–water partition coefficient (Wildman–Crippen LogP) is 3.42. The van der Waals surface area contributed by atoms with E-state index < -0.39 is 12.1 Å². The third-order valence-corrected chi connectivity index (χ3v) is 4.55. The monoisotopic (exact) mass is 307 g/mol. The molecule has 0 aliphatic carbocycles. The van der Waals surface area contributed by atoms with Crippen molar-refractivity contribution in [3.05, 3.63) is 11.1 Å². The zero-order valence-corrected chi connectivity index (χ0v) is 12.4. The highest BCUT2D eigenvalue weighted by Crippen LogP contribution is 2.36. The quantitative estimate of drug-likeness (QED) is 0.845. The number of nitrogens with one attached hydrogen (secondary N) is 1. The fraction of sp³-hybridized carbons (Fsp3) is 0.769. The number of piperidine rings is 1. The Morgan fingerprint density at radius 1 is 1.40 bits per heavy atom. The first-order valence-electron chi connectivity index (χ1n) is 6.97. The Bertz CT molecular complexity index is 411. The summed E-state index contributed by atoms with van der Waals surface area (Å²) in [5, 5.41) is 4.14. The smallest absolute Gasteiger partial charge is 0.348 e. The number of alkyl halides is 3. The highest BCUT2D eigenvalue weighted by molar-refractivity contribution is 7.15. The van der Waals surface area contributed by atoms with E-state index in [4.69, 9.17) is 0 Å². The van der Waals surface area contributed by atoms with E-state index in [9.17, 15) is 13.2 Å². The highest BCUT2D eigenvalue weighted by Gasteiger charge is 2.41. The number of hydrogen-bond acceptors (Lipinski definition) is 4. The molecule has 1 fully saturated rings. The largest absolute Gasteiger partial charge is 0.391 e. The molecule has 7 heteroatoms. The summed E-state index contributed by atoms with van der Waals surface area (Å²) in [6, 6.07) is 0. The van der Waals surface area contributed by atoms with Crippen LogP contribution in [-0.2, 0) is 6.54 Å². The van der Waals surface area contributed by atoms with E-state index in [1.807, 2.05) is 11.1 Å². The Kier molecular flexibility index (Phi) is 5.26. The van der Waals surface area contributed by atoms with Gasteiger partial charge >= 0.3 is 6.18 Å². The van der Waals surface area contributed by atoms with Gasteiger partial charge in [0.2, 0.25) is 0 Å². The van der Waals surface area contributed by atoms with Crippen LogP contribution in [0.5, 0.6) is 0 Å². The fourth-order valence-corrected chi connectivity index (χ4v) is 3.24. The second kappa shape index (κ2) is 6.76. The Morgan fingerprint density at radius 2 is 2.10 bits per heavy atom. The Labute approximate surface area is 121 Å². The molecular formula is C13H20F3N3S. The van der Waals surface area contributed by atoms with Crippen LogP contribution in [0.3, 0.4) is 0 Å². The van der Waals surface area contributed by atoms with Crippen molar-refractivity contribution in [3.63, 3.8) is 0 Å². The lowest BCUT2D eigenvalue weighted by molar-refractivity contribution is -0.179. The van der Waals surface area contributed by atoms with Gasteiger partial charge < -0.3 is 10.2 Å². The number of nitrogens with zero attached hydrogens (tertiary/aromatic N) is 2. The second-order valence-electron chi connectivity index (χ2n) is 5.09. The van der Waals surface area contributed by atoms with Crippen molar-refractivity contribution in [1.82, 2.24) is 10.3 Å². The van der Waals surface area contributed by atoms with Crippen LogP contribution in [0.15, 0.2) is 6.20 Å². The van der Waals surface area contributed by atoms with Gasteiger partial charge in [-0.1, -0.05) is 6.92 Å². The van der Waals surface area contributed by atoms with Crippen molar-refractivity contribution in [2.45, 2.75) is 38.9 Å².